The number of nitrogens with zero attached hydrogens (tertiary/aromatic N) is 1. The van der Waals surface area contributed by atoms with Crippen LogP contribution in [0.25, 0.3) is 6.08 Å². The second-order valence-electron chi connectivity index (χ2n) is 7.06. The first-order valence-corrected chi connectivity index (χ1v) is 12.2. The Kier molecular flexibility index (Phi) is 8.61. The molecule has 0 radical (unpaired) electrons. The van der Waals surface area contributed by atoms with Gasteiger partial charge in [-0.2, -0.15) is 0 Å². The Morgan fingerprint density at radius 1 is 1.16 bits per heavy atom. The van der Waals surface area contributed by atoms with Crippen LogP contribution in [0.1, 0.15) is 16.7 Å². The second kappa shape index (κ2) is 11.2. The topological polar surface area (TPSA) is 48.0 Å². The van der Waals surface area contributed by atoms with Crippen LogP contribution >= 0.6 is 46.6 Å². The van der Waals surface area contributed by atoms with Gasteiger partial charge in [0.1, 0.15) is 23.3 Å². The molecule has 1 saturated heterocycles. The molecule has 1 heterocycles. The molecule has 168 valence electrons. The molecular formula is C24H24INO4S2. The minimum absolute atomic E-state index is 0.113. The van der Waals surface area contributed by atoms with Gasteiger partial charge in [-0.05, 0) is 83.5 Å². The number of amides is 1. The minimum Gasteiger partial charge on any atom is -0.493 e. The zero-order valence-corrected chi connectivity index (χ0v) is 21.9. The highest BCUT2D eigenvalue weighted by Gasteiger charge is 2.31. The summed E-state index contributed by atoms with van der Waals surface area (Å²) in [5.41, 5.74) is 3.26. The largest absolute Gasteiger partial charge is 0.493 e. The lowest BCUT2D eigenvalue weighted by atomic mass is 10.1. The van der Waals surface area contributed by atoms with Crippen molar-refractivity contribution in [1.82, 2.24) is 4.90 Å². The number of benzene rings is 2. The predicted molar refractivity (Wildman–Crippen MR) is 143 cm³/mol. The van der Waals surface area contributed by atoms with Gasteiger partial charge in [-0.15, -0.1) is 6.58 Å². The summed E-state index contributed by atoms with van der Waals surface area (Å²) in [6.07, 6.45) is 3.48. The quantitative estimate of drug-likeness (QED) is 0.123. The van der Waals surface area contributed by atoms with Crippen molar-refractivity contribution < 1.29 is 19.0 Å². The summed E-state index contributed by atoms with van der Waals surface area (Å²) in [5.74, 6) is 1.95. The molecule has 1 amide bonds. The van der Waals surface area contributed by atoms with Crippen molar-refractivity contribution in [3.05, 3.63) is 68.2 Å². The Bertz CT molecular complexity index is 1080. The summed E-state index contributed by atoms with van der Waals surface area (Å²) in [4.78, 5) is 14.7. The van der Waals surface area contributed by atoms with Gasteiger partial charge in [0.25, 0.3) is 5.91 Å². The van der Waals surface area contributed by atoms with Crippen LogP contribution in [0.2, 0.25) is 0 Å². The number of thioether (sulfide) groups is 1. The van der Waals surface area contributed by atoms with Crippen molar-refractivity contribution in [2.45, 2.75) is 13.8 Å². The Labute approximate surface area is 211 Å². The van der Waals surface area contributed by atoms with E-state index >= 15 is 0 Å². The van der Waals surface area contributed by atoms with Gasteiger partial charge in [-0.25, -0.2) is 0 Å². The molecule has 0 saturated carbocycles. The maximum Gasteiger partial charge on any atom is 0.266 e. The average molecular weight is 581 g/mol. The molecule has 1 fully saturated rings. The molecule has 0 N–H and O–H groups in total. The van der Waals surface area contributed by atoms with Crippen LogP contribution in [0.15, 0.2) is 47.9 Å². The fourth-order valence-electron chi connectivity index (χ4n) is 3.01. The van der Waals surface area contributed by atoms with E-state index in [1.165, 1.54) is 27.8 Å². The van der Waals surface area contributed by atoms with E-state index < -0.39 is 0 Å². The summed E-state index contributed by atoms with van der Waals surface area (Å²) in [7, 11) is 1.59. The number of rotatable bonds is 9. The third-order valence-electron chi connectivity index (χ3n) is 4.81. The van der Waals surface area contributed by atoms with Crippen LogP contribution in [0.3, 0.4) is 0 Å². The number of carbonyl (C=O) groups is 1. The number of aryl methyl sites for hydroxylation is 2. The van der Waals surface area contributed by atoms with Crippen LogP contribution < -0.4 is 14.2 Å². The molecule has 0 aliphatic carbocycles. The van der Waals surface area contributed by atoms with Crippen molar-refractivity contribution in [3.8, 4) is 17.2 Å². The fraction of sp³-hybridized carbons (Fsp3) is 0.250. The van der Waals surface area contributed by atoms with Gasteiger partial charge < -0.3 is 14.2 Å². The molecule has 8 heteroatoms. The van der Waals surface area contributed by atoms with Crippen molar-refractivity contribution in [2.24, 2.45) is 0 Å². The lowest BCUT2D eigenvalue weighted by Crippen LogP contribution is -2.27. The molecule has 0 atom stereocenters. The lowest BCUT2D eigenvalue weighted by molar-refractivity contribution is -0.121. The van der Waals surface area contributed by atoms with Crippen LogP contribution in [0.5, 0.6) is 17.2 Å². The summed E-state index contributed by atoms with van der Waals surface area (Å²) in [6.45, 7) is 9.00. The van der Waals surface area contributed by atoms with Crippen LogP contribution in [0.4, 0.5) is 0 Å². The van der Waals surface area contributed by atoms with Crippen LogP contribution in [-0.4, -0.2) is 42.0 Å². The maximum atomic E-state index is 12.6. The molecule has 0 spiro atoms. The molecule has 3 rings (SSSR count). The molecule has 0 unspecified atom stereocenters. The summed E-state index contributed by atoms with van der Waals surface area (Å²) >= 11 is 8.79. The number of thiocarbonyl (C=S) groups is 1. The zero-order valence-electron chi connectivity index (χ0n) is 18.1. The zero-order chi connectivity index (χ0) is 23.3. The fourth-order valence-corrected chi connectivity index (χ4v) is 5.06. The molecule has 1 aliphatic heterocycles. The lowest BCUT2D eigenvalue weighted by Gasteiger charge is -2.14. The third kappa shape index (κ3) is 5.85. The number of hydrogen-bond donors (Lipinski definition) is 0. The highest BCUT2D eigenvalue weighted by Crippen LogP contribution is 2.37. The number of halogens is 1. The minimum atomic E-state index is -0.113. The van der Waals surface area contributed by atoms with Gasteiger partial charge in [0.2, 0.25) is 0 Å². The van der Waals surface area contributed by atoms with E-state index in [1.807, 2.05) is 36.4 Å². The van der Waals surface area contributed by atoms with E-state index in [4.69, 9.17) is 26.4 Å². The van der Waals surface area contributed by atoms with Crippen LogP contribution in [0, 0.1) is 17.4 Å². The monoisotopic (exact) mass is 581 g/mol. The Balaban J connectivity index is 1.68. The standard InChI is InChI=1S/C24H24INO4S2/c1-5-8-26-23(27)21(32-24(26)31)14-17-12-19(25)22(20(13-17)28-4)30-10-9-29-18-7-6-15(2)16(3)11-18/h5-7,11-14H,1,8-10H2,2-4H3. The molecular weight excluding hydrogens is 557 g/mol. The first-order chi connectivity index (χ1) is 15.3. The van der Waals surface area contributed by atoms with Crippen LogP contribution in [-0.2, 0) is 4.79 Å². The number of methoxy groups -OCH3 is 1. The molecule has 5 nitrogen and oxygen atoms in total. The van der Waals surface area contributed by atoms with Crippen molar-refractivity contribution in [1.29, 1.82) is 0 Å². The summed E-state index contributed by atoms with van der Waals surface area (Å²) in [5, 5.41) is 0. The summed E-state index contributed by atoms with van der Waals surface area (Å²) < 4.78 is 18.7. The van der Waals surface area contributed by atoms with Gasteiger partial charge in [-0.1, -0.05) is 36.1 Å². The van der Waals surface area contributed by atoms with Crippen molar-refractivity contribution in [2.75, 3.05) is 26.9 Å². The highest BCUT2D eigenvalue weighted by molar-refractivity contribution is 14.1. The first kappa shape index (κ1) is 24.6. The van der Waals surface area contributed by atoms with E-state index in [9.17, 15) is 4.79 Å². The number of ether oxygens (including phenoxy) is 3. The molecule has 0 aromatic heterocycles. The average Bonchev–Trinajstić information content (AvgIpc) is 3.02. The third-order valence-corrected chi connectivity index (χ3v) is 6.99. The Hall–Kier alpha value is -2.04. The second-order valence-corrected chi connectivity index (χ2v) is 9.90. The molecule has 0 bridgehead atoms. The highest BCUT2D eigenvalue weighted by atomic mass is 127. The van der Waals surface area contributed by atoms with Gasteiger partial charge >= 0.3 is 0 Å². The van der Waals surface area contributed by atoms with E-state index in [2.05, 4.69) is 43.0 Å². The van der Waals surface area contributed by atoms with Gasteiger partial charge in [0.05, 0.1) is 15.6 Å². The first-order valence-electron chi connectivity index (χ1n) is 9.90. The smallest absolute Gasteiger partial charge is 0.266 e. The number of hydrogen-bond acceptors (Lipinski definition) is 6. The van der Waals surface area contributed by atoms with E-state index in [0.29, 0.717) is 40.5 Å². The molecule has 32 heavy (non-hydrogen) atoms. The predicted octanol–water partition coefficient (Wildman–Crippen LogP) is 5.76. The molecule has 2 aromatic rings. The summed E-state index contributed by atoms with van der Waals surface area (Å²) in [6, 6.07) is 9.82. The Morgan fingerprint density at radius 3 is 2.59 bits per heavy atom. The van der Waals surface area contributed by atoms with E-state index in [1.54, 1.807) is 13.2 Å². The van der Waals surface area contributed by atoms with E-state index in [0.717, 1.165) is 14.9 Å². The normalized spacial score (nSPS) is 14.8. The van der Waals surface area contributed by atoms with Gasteiger partial charge in [0.15, 0.2) is 11.5 Å². The van der Waals surface area contributed by atoms with Gasteiger partial charge in [0, 0.05) is 6.54 Å². The molecule has 1 aliphatic rings. The van der Waals surface area contributed by atoms with Crippen molar-refractivity contribution in [3.63, 3.8) is 0 Å². The molecule has 2 aromatic carbocycles. The van der Waals surface area contributed by atoms with E-state index in [-0.39, 0.29) is 5.91 Å². The SMILES string of the molecule is C=CCN1C(=O)C(=Cc2cc(I)c(OCCOc3ccc(C)c(C)c3)c(OC)c2)SC1=S. The maximum absolute atomic E-state index is 12.6. The Morgan fingerprint density at radius 2 is 1.91 bits per heavy atom. The number of carbonyl (C=O) groups excluding carboxylic acids is 1. The van der Waals surface area contributed by atoms with Crippen molar-refractivity contribution >= 4 is 62.9 Å². The van der Waals surface area contributed by atoms with Gasteiger partial charge in [-0.3, -0.25) is 9.69 Å².